The molecule has 0 fully saturated rings. The van der Waals surface area contributed by atoms with E-state index in [-0.39, 0.29) is 11.2 Å². The second-order valence-electron chi connectivity index (χ2n) is 5.38. The van der Waals surface area contributed by atoms with Gasteiger partial charge in [-0.25, -0.2) is 4.98 Å². The molecule has 0 radical (unpaired) electrons. The normalized spacial score (nSPS) is 12.3. The van der Waals surface area contributed by atoms with Crippen LogP contribution in [0.3, 0.4) is 0 Å². The van der Waals surface area contributed by atoms with E-state index in [4.69, 9.17) is 0 Å². The number of thioether (sulfide) groups is 1. The molecule has 124 valence electrons. The number of hydrogen-bond donors (Lipinski definition) is 1. The molecule has 24 heavy (non-hydrogen) atoms. The molecule has 0 saturated carbocycles. The van der Waals surface area contributed by atoms with Gasteiger partial charge >= 0.3 is 0 Å². The quantitative estimate of drug-likeness (QED) is 0.670. The number of fused-ring (bicyclic) bond motifs is 1. The number of carbonyl (C=O) groups excluding carboxylic acids is 1. The van der Waals surface area contributed by atoms with Crippen molar-refractivity contribution in [1.82, 2.24) is 19.6 Å². The van der Waals surface area contributed by atoms with E-state index in [2.05, 4.69) is 36.4 Å². The van der Waals surface area contributed by atoms with Gasteiger partial charge in [-0.05, 0) is 39.0 Å². The summed E-state index contributed by atoms with van der Waals surface area (Å²) < 4.78 is 2.78. The van der Waals surface area contributed by atoms with Crippen LogP contribution in [0.15, 0.2) is 40.0 Å². The minimum absolute atomic E-state index is 0.0902. The summed E-state index contributed by atoms with van der Waals surface area (Å²) in [6.07, 6.45) is 0. The molecule has 1 N–H and O–H groups in total. The zero-order valence-corrected chi connectivity index (χ0v) is 15.8. The van der Waals surface area contributed by atoms with Crippen molar-refractivity contribution in [2.45, 2.75) is 31.2 Å². The van der Waals surface area contributed by atoms with Crippen LogP contribution in [0.5, 0.6) is 0 Å². The summed E-state index contributed by atoms with van der Waals surface area (Å²) in [4.78, 5) is 16.8. The fourth-order valence-corrected chi connectivity index (χ4v) is 3.60. The van der Waals surface area contributed by atoms with Crippen molar-refractivity contribution in [3.63, 3.8) is 0 Å². The molecule has 6 nitrogen and oxygen atoms in total. The third-order valence-corrected chi connectivity index (χ3v) is 4.94. The van der Waals surface area contributed by atoms with Gasteiger partial charge in [0.2, 0.25) is 5.91 Å². The van der Waals surface area contributed by atoms with Gasteiger partial charge in [0.25, 0.3) is 0 Å². The fourth-order valence-electron chi connectivity index (χ4n) is 2.30. The monoisotopic (exact) mass is 405 g/mol. The van der Waals surface area contributed by atoms with Crippen molar-refractivity contribution >= 4 is 44.9 Å². The van der Waals surface area contributed by atoms with Crippen molar-refractivity contribution in [2.24, 2.45) is 0 Å². The molecule has 2 aromatic heterocycles. The Morgan fingerprint density at radius 3 is 2.83 bits per heavy atom. The van der Waals surface area contributed by atoms with Crippen LogP contribution >= 0.6 is 27.7 Å². The number of amides is 1. The van der Waals surface area contributed by atoms with Gasteiger partial charge < -0.3 is 5.32 Å². The van der Waals surface area contributed by atoms with Gasteiger partial charge in [-0.2, -0.15) is 0 Å². The number of rotatable bonds is 4. The molecule has 0 bridgehead atoms. The largest absolute Gasteiger partial charge is 0.325 e. The molecular weight excluding hydrogens is 390 g/mol. The van der Waals surface area contributed by atoms with Gasteiger partial charge in [0.15, 0.2) is 10.8 Å². The number of anilines is 1. The first kappa shape index (κ1) is 16.9. The topological polar surface area (TPSA) is 72.2 Å². The molecule has 0 aliphatic rings. The molecule has 0 aliphatic carbocycles. The van der Waals surface area contributed by atoms with Crippen LogP contribution in [0, 0.1) is 13.8 Å². The van der Waals surface area contributed by atoms with Crippen LogP contribution in [-0.2, 0) is 4.79 Å². The summed E-state index contributed by atoms with van der Waals surface area (Å²) in [5.74, 6) is 0.713. The first-order valence-electron chi connectivity index (χ1n) is 7.36. The van der Waals surface area contributed by atoms with Crippen LogP contribution in [0.4, 0.5) is 5.69 Å². The van der Waals surface area contributed by atoms with Gasteiger partial charge in [-0.1, -0.05) is 33.8 Å². The molecule has 0 spiro atoms. The highest BCUT2D eigenvalue weighted by atomic mass is 79.9. The van der Waals surface area contributed by atoms with Gasteiger partial charge in [0, 0.05) is 21.9 Å². The van der Waals surface area contributed by atoms with E-state index in [0.29, 0.717) is 5.16 Å². The molecule has 1 aromatic carbocycles. The van der Waals surface area contributed by atoms with Crippen LogP contribution in [0.25, 0.3) is 5.65 Å². The average Bonchev–Trinajstić information content (AvgIpc) is 2.90. The Morgan fingerprint density at radius 2 is 2.08 bits per heavy atom. The SMILES string of the molecule is Cc1cc2nnc(SC(C)C(=O)Nc3cccc(Br)c3)n2c(C)n1. The lowest BCUT2D eigenvalue weighted by molar-refractivity contribution is -0.115. The maximum atomic E-state index is 12.4. The summed E-state index contributed by atoms with van der Waals surface area (Å²) in [5.41, 5.74) is 2.38. The number of nitrogens with one attached hydrogen (secondary N) is 1. The maximum absolute atomic E-state index is 12.4. The van der Waals surface area contributed by atoms with E-state index < -0.39 is 0 Å². The maximum Gasteiger partial charge on any atom is 0.237 e. The van der Waals surface area contributed by atoms with Crippen molar-refractivity contribution in [3.8, 4) is 0 Å². The Hall–Kier alpha value is -1.93. The minimum atomic E-state index is -0.322. The fraction of sp³-hybridized carbons (Fsp3) is 0.250. The summed E-state index contributed by atoms with van der Waals surface area (Å²) in [5, 5.41) is 11.6. The van der Waals surface area contributed by atoms with Gasteiger partial charge in [-0.15, -0.1) is 10.2 Å². The van der Waals surface area contributed by atoms with Gasteiger partial charge in [0.1, 0.15) is 5.82 Å². The average molecular weight is 406 g/mol. The Bertz CT molecular complexity index is 911. The van der Waals surface area contributed by atoms with E-state index in [0.717, 1.165) is 27.3 Å². The number of aromatic nitrogens is 4. The highest BCUT2D eigenvalue weighted by Gasteiger charge is 2.19. The number of benzene rings is 1. The van der Waals surface area contributed by atoms with Crippen LogP contribution in [-0.4, -0.2) is 30.7 Å². The molecule has 1 amide bonds. The van der Waals surface area contributed by atoms with Crippen LogP contribution < -0.4 is 5.32 Å². The van der Waals surface area contributed by atoms with Gasteiger partial charge in [0.05, 0.1) is 5.25 Å². The summed E-state index contributed by atoms with van der Waals surface area (Å²) in [6, 6.07) is 9.37. The van der Waals surface area contributed by atoms with E-state index in [1.807, 2.05) is 55.5 Å². The highest BCUT2D eigenvalue weighted by molar-refractivity contribution is 9.10. The Kier molecular flexibility index (Phi) is 4.86. The standard InChI is InChI=1S/C16H16BrN5OS/c1-9-7-14-20-21-16(22(14)11(3)18-9)24-10(2)15(23)19-13-6-4-5-12(17)8-13/h4-8,10H,1-3H3,(H,19,23). The first-order chi connectivity index (χ1) is 11.4. The van der Waals surface area contributed by atoms with E-state index in [1.54, 1.807) is 0 Å². The molecule has 2 heterocycles. The Balaban J connectivity index is 1.77. The van der Waals surface area contributed by atoms with Crippen LogP contribution in [0.1, 0.15) is 18.4 Å². The molecule has 3 rings (SSSR count). The number of nitrogens with zero attached hydrogens (tertiary/aromatic N) is 4. The number of aryl methyl sites for hydroxylation is 2. The predicted octanol–water partition coefficient (Wildman–Crippen LogP) is 3.62. The second-order valence-corrected chi connectivity index (χ2v) is 7.60. The Morgan fingerprint density at radius 1 is 1.29 bits per heavy atom. The minimum Gasteiger partial charge on any atom is -0.325 e. The Labute approximate surface area is 152 Å². The van der Waals surface area contributed by atoms with Crippen molar-refractivity contribution in [1.29, 1.82) is 0 Å². The smallest absolute Gasteiger partial charge is 0.237 e. The molecule has 1 atom stereocenters. The lowest BCUT2D eigenvalue weighted by atomic mass is 10.3. The lowest BCUT2D eigenvalue weighted by Gasteiger charge is -2.11. The molecule has 0 saturated heterocycles. The molecular formula is C16H16BrN5OS. The van der Waals surface area contributed by atoms with E-state index in [1.165, 1.54) is 11.8 Å². The molecule has 3 aromatic rings. The summed E-state index contributed by atoms with van der Waals surface area (Å²) in [6.45, 7) is 5.66. The third-order valence-electron chi connectivity index (χ3n) is 3.40. The van der Waals surface area contributed by atoms with Gasteiger partial charge in [-0.3, -0.25) is 9.20 Å². The molecule has 1 unspecified atom stereocenters. The van der Waals surface area contributed by atoms with Crippen molar-refractivity contribution in [3.05, 3.63) is 46.3 Å². The third kappa shape index (κ3) is 3.59. The van der Waals surface area contributed by atoms with Crippen molar-refractivity contribution < 1.29 is 4.79 Å². The zero-order chi connectivity index (χ0) is 17.3. The predicted molar refractivity (Wildman–Crippen MR) is 98.3 cm³/mol. The summed E-state index contributed by atoms with van der Waals surface area (Å²) >= 11 is 4.75. The molecule has 0 aliphatic heterocycles. The number of hydrogen-bond acceptors (Lipinski definition) is 5. The van der Waals surface area contributed by atoms with E-state index in [9.17, 15) is 4.79 Å². The second kappa shape index (κ2) is 6.90. The highest BCUT2D eigenvalue weighted by Crippen LogP contribution is 2.24. The number of halogens is 1. The van der Waals surface area contributed by atoms with E-state index >= 15 is 0 Å². The van der Waals surface area contributed by atoms with Crippen LogP contribution in [0.2, 0.25) is 0 Å². The lowest BCUT2D eigenvalue weighted by Crippen LogP contribution is -2.22. The first-order valence-corrected chi connectivity index (χ1v) is 9.04. The summed E-state index contributed by atoms with van der Waals surface area (Å²) in [7, 11) is 0. The number of carbonyl (C=O) groups is 1. The zero-order valence-electron chi connectivity index (χ0n) is 13.4. The van der Waals surface area contributed by atoms with Crippen molar-refractivity contribution in [2.75, 3.05) is 5.32 Å². The molecule has 8 heteroatoms.